The van der Waals surface area contributed by atoms with Crippen LogP contribution in [0.5, 0.6) is 0 Å². The van der Waals surface area contributed by atoms with E-state index in [-0.39, 0.29) is 0 Å². The Morgan fingerprint density at radius 3 is 2.70 bits per heavy atom. The molecule has 0 aliphatic carbocycles. The first kappa shape index (κ1) is 14.3. The molecule has 0 aliphatic heterocycles. The molecule has 1 aromatic heterocycles. The summed E-state index contributed by atoms with van der Waals surface area (Å²) in [6.45, 7) is 7.38. The van der Waals surface area contributed by atoms with E-state index >= 15 is 0 Å². The molecule has 4 nitrogen and oxygen atoms in total. The smallest absolute Gasteiger partial charge is 0.224 e. The van der Waals surface area contributed by atoms with Crippen molar-refractivity contribution in [3.05, 3.63) is 42.1 Å². The van der Waals surface area contributed by atoms with Crippen molar-refractivity contribution < 1.29 is 0 Å². The Labute approximate surface area is 120 Å². The van der Waals surface area contributed by atoms with Gasteiger partial charge in [-0.05, 0) is 30.0 Å². The number of anilines is 3. The van der Waals surface area contributed by atoms with Crippen LogP contribution in [-0.4, -0.2) is 16.5 Å². The predicted molar refractivity (Wildman–Crippen MR) is 84.6 cm³/mol. The quantitative estimate of drug-likeness (QED) is 0.827. The maximum atomic E-state index is 4.47. The zero-order valence-electron chi connectivity index (χ0n) is 12.4. The summed E-state index contributed by atoms with van der Waals surface area (Å²) in [5.74, 6) is 1.95. The van der Waals surface area contributed by atoms with Crippen LogP contribution in [0, 0.1) is 0 Å². The molecular weight excluding hydrogens is 248 g/mol. The summed E-state index contributed by atoms with van der Waals surface area (Å²) in [6, 6.07) is 10.2. The van der Waals surface area contributed by atoms with Gasteiger partial charge in [-0.25, -0.2) is 4.98 Å². The van der Waals surface area contributed by atoms with Gasteiger partial charge in [-0.2, -0.15) is 4.98 Å². The molecule has 106 valence electrons. The van der Waals surface area contributed by atoms with Gasteiger partial charge in [0.05, 0.1) is 0 Å². The first-order chi connectivity index (χ1) is 9.70. The summed E-state index contributed by atoms with van der Waals surface area (Å²) in [5.41, 5.74) is 2.39. The average Bonchev–Trinajstić information content (AvgIpc) is 2.46. The van der Waals surface area contributed by atoms with Crippen LogP contribution in [0.25, 0.3) is 0 Å². The summed E-state index contributed by atoms with van der Waals surface area (Å²) in [6.07, 6.45) is 2.82. The molecule has 2 rings (SSSR count). The first-order valence-electron chi connectivity index (χ1n) is 7.13. The third kappa shape index (κ3) is 3.70. The predicted octanol–water partition coefficient (Wildman–Crippen LogP) is 4.17. The molecule has 20 heavy (non-hydrogen) atoms. The van der Waals surface area contributed by atoms with E-state index in [1.54, 1.807) is 6.20 Å². The molecular formula is C16H22N4. The number of rotatable bonds is 6. The van der Waals surface area contributed by atoms with Gasteiger partial charge in [0.2, 0.25) is 5.95 Å². The highest BCUT2D eigenvalue weighted by Crippen LogP contribution is 2.26. The van der Waals surface area contributed by atoms with Crippen LogP contribution in [0.15, 0.2) is 36.5 Å². The Morgan fingerprint density at radius 1 is 1.15 bits per heavy atom. The van der Waals surface area contributed by atoms with Crippen molar-refractivity contribution >= 4 is 17.5 Å². The minimum absolute atomic E-state index is 0.471. The Bertz CT molecular complexity index is 552. The molecule has 0 fully saturated rings. The molecule has 0 saturated heterocycles. The van der Waals surface area contributed by atoms with E-state index < -0.39 is 0 Å². The van der Waals surface area contributed by atoms with E-state index in [9.17, 15) is 0 Å². The van der Waals surface area contributed by atoms with Crippen molar-refractivity contribution in [1.82, 2.24) is 9.97 Å². The standard InChI is InChI=1S/C16H22N4/c1-4-10-17-16-18-11-9-15(20-16)19-14-8-6-5-7-13(14)12(2)3/h5-9,11-12H,4,10H2,1-3H3,(H2,17,18,19,20). The van der Waals surface area contributed by atoms with E-state index in [1.165, 1.54) is 5.56 Å². The van der Waals surface area contributed by atoms with Gasteiger partial charge in [0.1, 0.15) is 5.82 Å². The van der Waals surface area contributed by atoms with Crippen molar-refractivity contribution in [1.29, 1.82) is 0 Å². The molecule has 1 heterocycles. The number of nitrogens with zero attached hydrogens (tertiary/aromatic N) is 2. The summed E-state index contributed by atoms with van der Waals surface area (Å²) < 4.78 is 0. The SMILES string of the molecule is CCCNc1nccc(Nc2ccccc2C(C)C)n1. The van der Waals surface area contributed by atoms with Gasteiger partial charge in [0.15, 0.2) is 0 Å². The minimum Gasteiger partial charge on any atom is -0.354 e. The Balaban J connectivity index is 2.17. The fourth-order valence-corrected chi connectivity index (χ4v) is 2.00. The summed E-state index contributed by atoms with van der Waals surface area (Å²) in [7, 11) is 0. The normalized spacial score (nSPS) is 10.6. The number of nitrogens with one attached hydrogen (secondary N) is 2. The molecule has 4 heteroatoms. The molecule has 0 aliphatic rings. The number of para-hydroxylation sites is 1. The van der Waals surface area contributed by atoms with Crippen LogP contribution in [0.1, 0.15) is 38.7 Å². The highest BCUT2D eigenvalue weighted by Gasteiger charge is 2.06. The van der Waals surface area contributed by atoms with Gasteiger partial charge in [0.25, 0.3) is 0 Å². The van der Waals surface area contributed by atoms with E-state index in [0.29, 0.717) is 11.9 Å². The highest BCUT2D eigenvalue weighted by molar-refractivity contribution is 5.61. The minimum atomic E-state index is 0.471. The average molecular weight is 270 g/mol. The zero-order chi connectivity index (χ0) is 14.4. The van der Waals surface area contributed by atoms with Crippen LogP contribution in [0.2, 0.25) is 0 Å². The van der Waals surface area contributed by atoms with Gasteiger partial charge < -0.3 is 10.6 Å². The molecule has 0 spiro atoms. The molecule has 0 unspecified atom stereocenters. The van der Waals surface area contributed by atoms with Crippen LogP contribution in [0.3, 0.4) is 0 Å². The topological polar surface area (TPSA) is 49.8 Å². The zero-order valence-corrected chi connectivity index (χ0v) is 12.4. The molecule has 2 N–H and O–H groups in total. The highest BCUT2D eigenvalue weighted by atomic mass is 15.1. The second-order valence-corrected chi connectivity index (χ2v) is 5.06. The Morgan fingerprint density at radius 2 is 1.95 bits per heavy atom. The number of hydrogen-bond donors (Lipinski definition) is 2. The first-order valence-corrected chi connectivity index (χ1v) is 7.13. The van der Waals surface area contributed by atoms with Gasteiger partial charge in [-0.3, -0.25) is 0 Å². The summed E-state index contributed by atoms with van der Waals surface area (Å²) in [4.78, 5) is 8.69. The monoisotopic (exact) mass is 270 g/mol. The fraction of sp³-hybridized carbons (Fsp3) is 0.375. The Kier molecular flexibility index (Phi) is 4.93. The summed E-state index contributed by atoms with van der Waals surface area (Å²) in [5, 5.41) is 6.58. The third-order valence-corrected chi connectivity index (χ3v) is 3.03. The Hall–Kier alpha value is -2.10. The van der Waals surface area contributed by atoms with Gasteiger partial charge in [-0.1, -0.05) is 39.0 Å². The van der Waals surface area contributed by atoms with E-state index in [4.69, 9.17) is 0 Å². The molecule has 2 aromatic rings. The van der Waals surface area contributed by atoms with Crippen LogP contribution in [0.4, 0.5) is 17.5 Å². The van der Waals surface area contributed by atoms with Gasteiger partial charge in [0, 0.05) is 18.4 Å². The lowest BCUT2D eigenvalue weighted by Gasteiger charge is -2.14. The molecule has 0 saturated carbocycles. The van der Waals surface area contributed by atoms with E-state index in [0.717, 1.165) is 24.5 Å². The lowest BCUT2D eigenvalue weighted by molar-refractivity contribution is 0.869. The molecule has 0 radical (unpaired) electrons. The lowest BCUT2D eigenvalue weighted by atomic mass is 10.0. The molecule has 0 amide bonds. The second kappa shape index (κ2) is 6.89. The van der Waals surface area contributed by atoms with Crippen LogP contribution < -0.4 is 10.6 Å². The molecule has 0 atom stereocenters. The number of benzene rings is 1. The number of hydrogen-bond acceptors (Lipinski definition) is 4. The van der Waals surface area contributed by atoms with Crippen LogP contribution >= 0.6 is 0 Å². The van der Waals surface area contributed by atoms with Crippen molar-refractivity contribution in [2.24, 2.45) is 0 Å². The van der Waals surface area contributed by atoms with Gasteiger partial charge in [-0.15, -0.1) is 0 Å². The lowest BCUT2D eigenvalue weighted by Crippen LogP contribution is -2.06. The van der Waals surface area contributed by atoms with Crippen molar-refractivity contribution in [2.45, 2.75) is 33.1 Å². The molecule has 0 bridgehead atoms. The van der Waals surface area contributed by atoms with Crippen molar-refractivity contribution in [3.8, 4) is 0 Å². The van der Waals surface area contributed by atoms with E-state index in [2.05, 4.69) is 59.6 Å². The second-order valence-electron chi connectivity index (χ2n) is 5.06. The van der Waals surface area contributed by atoms with Crippen molar-refractivity contribution in [2.75, 3.05) is 17.2 Å². The van der Waals surface area contributed by atoms with Crippen LogP contribution in [-0.2, 0) is 0 Å². The third-order valence-electron chi connectivity index (χ3n) is 3.03. The maximum absolute atomic E-state index is 4.47. The van der Waals surface area contributed by atoms with E-state index in [1.807, 2.05) is 12.1 Å². The largest absolute Gasteiger partial charge is 0.354 e. The fourth-order valence-electron chi connectivity index (χ4n) is 2.00. The molecule has 1 aromatic carbocycles. The maximum Gasteiger partial charge on any atom is 0.224 e. The van der Waals surface area contributed by atoms with Crippen molar-refractivity contribution in [3.63, 3.8) is 0 Å². The van der Waals surface area contributed by atoms with Gasteiger partial charge >= 0.3 is 0 Å². The summed E-state index contributed by atoms with van der Waals surface area (Å²) >= 11 is 0. The number of aromatic nitrogens is 2.